The smallest absolute Gasteiger partial charge is 0.447 e. The zero-order valence-corrected chi connectivity index (χ0v) is 22.0. The number of rotatable bonds is 10. The summed E-state index contributed by atoms with van der Waals surface area (Å²) in [5, 5.41) is 6.75. The van der Waals surface area contributed by atoms with Crippen LogP contribution in [0.3, 0.4) is 0 Å². The molecule has 3 amide bonds. The van der Waals surface area contributed by atoms with Crippen LogP contribution in [0, 0.1) is 0 Å². The van der Waals surface area contributed by atoms with E-state index in [4.69, 9.17) is 14.2 Å². The summed E-state index contributed by atoms with van der Waals surface area (Å²) in [6.45, 7) is 5.38. The number of aryl methyl sites for hydroxylation is 1. The van der Waals surface area contributed by atoms with Crippen LogP contribution in [0.1, 0.15) is 32.9 Å². The molecule has 2 aromatic rings. The van der Waals surface area contributed by atoms with Gasteiger partial charge in [-0.2, -0.15) is 13.2 Å². The highest BCUT2D eigenvalue weighted by Gasteiger charge is 2.39. The number of pyridine rings is 1. The largest absolute Gasteiger partial charge is 0.471 e. The van der Waals surface area contributed by atoms with Crippen molar-refractivity contribution in [1.82, 2.24) is 10.3 Å². The molecule has 39 heavy (non-hydrogen) atoms. The fourth-order valence-corrected chi connectivity index (χ4v) is 3.07. The monoisotopic (exact) mass is 552 g/mol. The van der Waals surface area contributed by atoms with Crippen LogP contribution in [0.4, 0.5) is 34.1 Å². The quantitative estimate of drug-likeness (QED) is 0.336. The number of allylic oxidation sites excluding steroid dienone is 1. The second-order valence-electron chi connectivity index (χ2n) is 9.09. The van der Waals surface area contributed by atoms with Crippen LogP contribution in [0.2, 0.25) is 0 Å². The first-order valence-corrected chi connectivity index (χ1v) is 11.8. The lowest BCUT2D eigenvalue weighted by atomic mass is 10.0. The number of carbonyl (C=O) groups excluding carboxylic acids is 3. The third-order valence-corrected chi connectivity index (χ3v) is 4.70. The van der Waals surface area contributed by atoms with Gasteiger partial charge in [0.25, 0.3) is 0 Å². The molecule has 0 aliphatic heterocycles. The molecule has 0 aliphatic carbocycles. The van der Waals surface area contributed by atoms with E-state index in [0.29, 0.717) is 24.1 Å². The Morgan fingerprint density at radius 1 is 1.00 bits per heavy atom. The van der Waals surface area contributed by atoms with E-state index in [2.05, 4.69) is 15.6 Å². The van der Waals surface area contributed by atoms with Gasteiger partial charge in [-0.05, 0) is 63.4 Å². The standard InChI is InChI=1S/C26H31F3N4O6/c1-25(2,3)39-23(35)31-11-6-5-7-18-15-17(10-12-30-18)20-9-8-19(32-24(36)38-14-13-37-4)16-21(20)33-22(34)26(27,28)29/h6,8-12,15-16H,5,7,13-14H2,1-4H3,(H,31,35)(H,32,36)(H,33,34). The summed E-state index contributed by atoms with van der Waals surface area (Å²) in [6.07, 6.45) is -0.948. The van der Waals surface area contributed by atoms with Crippen LogP contribution in [-0.2, 0) is 25.4 Å². The molecule has 0 spiro atoms. The summed E-state index contributed by atoms with van der Waals surface area (Å²) in [5.41, 5.74) is 0.689. The maximum atomic E-state index is 13.0. The van der Waals surface area contributed by atoms with Crippen LogP contribution in [0.15, 0.2) is 48.8 Å². The first-order chi connectivity index (χ1) is 18.3. The van der Waals surface area contributed by atoms with E-state index in [9.17, 15) is 27.6 Å². The zero-order valence-electron chi connectivity index (χ0n) is 22.0. The third-order valence-electron chi connectivity index (χ3n) is 4.70. The van der Waals surface area contributed by atoms with Crippen molar-refractivity contribution in [3.63, 3.8) is 0 Å². The molecule has 212 valence electrons. The lowest BCUT2D eigenvalue weighted by Gasteiger charge is -2.18. The number of aromatic nitrogens is 1. The van der Waals surface area contributed by atoms with Crippen LogP contribution in [-0.4, -0.2) is 55.2 Å². The van der Waals surface area contributed by atoms with E-state index in [-0.39, 0.29) is 30.2 Å². The number of benzene rings is 1. The van der Waals surface area contributed by atoms with Crippen molar-refractivity contribution >= 4 is 29.5 Å². The molecule has 0 unspecified atom stereocenters. The average Bonchev–Trinajstić information content (AvgIpc) is 2.82. The number of methoxy groups -OCH3 is 1. The highest BCUT2D eigenvalue weighted by molar-refractivity contribution is 6.00. The van der Waals surface area contributed by atoms with Gasteiger partial charge in [-0.3, -0.25) is 20.4 Å². The van der Waals surface area contributed by atoms with E-state index in [1.54, 1.807) is 39.0 Å². The van der Waals surface area contributed by atoms with Gasteiger partial charge in [-0.25, -0.2) is 9.59 Å². The Labute approximate surface area is 223 Å². The molecule has 1 aromatic carbocycles. The van der Waals surface area contributed by atoms with E-state index in [1.165, 1.54) is 37.7 Å². The normalized spacial score (nSPS) is 11.7. The van der Waals surface area contributed by atoms with Crippen LogP contribution >= 0.6 is 0 Å². The van der Waals surface area contributed by atoms with Crippen molar-refractivity contribution in [2.24, 2.45) is 0 Å². The maximum absolute atomic E-state index is 13.0. The zero-order chi connectivity index (χ0) is 29.1. The Bertz CT molecular complexity index is 1180. The van der Waals surface area contributed by atoms with Gasteiger partial charge in [0, 0.05) is 36.5 Å². The van der Waals surface area contributed by atoms with Gasteiger partial charge in [0.15, 0.2) is 0 Å². The number of ether oxygens (including phenoxy) is 3. The molecule has 0 atom stereocenters. The van der Waals surface area contributed by atoms with Gasteiger partial charge in [-0.1, -0.05) is 12.1 Å². The number of nitrogens with zero attached hydrogens (tertiary/aromatic N) is 1. The molecule has 0 radical (unpaired) electrons. The average molecular weight is 553 g/mol. The molecule has 2 rings (SSSR count). The SMILES string of the molecule is COCCOC(=O)Nc1ccc(-c2ccnc(CCC=CNC(=O)OC(C)(C)C)c2)c(NC(=O)C(F)(F)F)c1. The van der Waals surface area contributed by atoms with Gasteiger partial charge in [0.2, 0.25) is 0 Å². The number of alkyl halides is 3. The Morgan fingerprint density at radius 2 is 1.74 bits per heavy atom. The Balaban J connectivity index is 2.18. The highest BCUT2D eigenvalue weighted by Crippen LogP contribution is 2.32. The van der Waals surface area contributed by atoms with E-state index < -0.39 is 29.9 Å². The number of alkyl carbamates (subject to hydrolysis) is 1. The number of anilines is 2. The molecule has 0 aliphatic rings. The van der Waals surface area contributed by atoms with Gasteiger partial charge in [-0.15, -0.1) is 0 Å². The van der Waals surface area contributed by atoms with Crippen molar-refractivity contribution in [3.05, 3.63) is 54.5 Å². The molecule has 1 heterocycles. The predicted molar refractivity (Wildman–Crippen MR) is 138 cm³/mol. The van der Waals surface area contributed by atoms with Crippen LogP contribution < -0.4 is 16.0 Å². The van der Waals surface area contributed by atoms with Crippen LogP contribution in [0.5, 0.6) is 0 Å². The van der Waals surface area contributed by atoms with Crippen molar-refractivity contribution in [2.45, 2.75) is 45.4 Å². The second-order valence-corrected chi connectivity index (χ2v) is 9.09. The minimum absolute atomic E-state index is 0.0237. The number of hydrogen-bond donors (Lipinski definition) is 3. The minimum atomic E-state index is -5.12. The summed E-state index contributed by atoms with van der Waals surface area (Å²) < 4.78 is 53.8. The molecule has 10 nitrogen and oxygen atoms in total. The molecule has 0 fully saturated rings. The molecule has 0 bridgehead atoms. The molecular weight excluding hydrogens is 521 g/mol. The lowest BCUT2D eigenvalue weighted by Crippen LogP contribution is -2.30. The van der Waals surface area contributed by atoms with Crippen LogP contribution in [0.25, 0.3) is 11.1 Å². The van der Waals surface area contributed by atoms with Crippen molar-refractivity contribution in [3.8, 4) is 11.1 Å². The van der Waals surface area contributed by atoms with Gasteiger partial charge >= 0.3 is 24.3 Å². The number of halogens is 3. The fourth-order valence-electron chi connectivity index (χ4n) is 3.07. The highest BCUT2D eigenvalue weighted by atomic mass is 19.4. The number of amides is 3. The number of nitrogens with one attached hydrogen (secondary N) is 3. The molecule has 3 N–H and O–H groups in total. The predicted octanol–water partition coefficient (Wildman–Crippen LogP) is 5.42. The van der Waals surface area contributed by atoms with Gasteiger partial charge < -0.3 is 19.5 Å². The van der Waals surface area contributed by atoms with E-state index >= 15 is 0 Å². The minimum Gasteiger partial charge on any atom is -0.447 e. The fraction of sp³-hybridized carbons (Fsp3) is 0.385. The summed E-state index contributed by atoms with van der Waals surface area (Å²) >= 11 is 0. The lowest BCUT2D eigenvalue weighted by molar-refractivity contribution is -0.167. The first-order valence-electron chi connectivity index (χ1n) is 11.8. The first kappa shape index (κ1) is 31.1. The van der Waals surface area contributed by atoms with Crippen molar-refractivity contribution in [1.29, 1.82) is 0 Å². The Morgan fingerprint density at radius 3 is 2.41 bits per heavy atom. The topological polar surface area (TPSA) is 128 Å². The molecular formula is C26H31F3N4O6. The molecule has 13 heteroatoms. The third kappa shape index (κ3) is 11.4. The second kappa shape index (κ2) is 14.1. The van der Waals surface area contributed by atoms with Gasteiger partial charge in [0.1, 0.15) is 12.2 Å². The summed E-state index contributed by atoms with van der Waals surface area (Å²) in [6, 6.07) is 7.36. The summed E-state index contributed by atoms with van der Waals surface area (Å²) in [4.78, 5) is 39.6. The Kier molecular flexibility index (Phi) is 11.3. The molecule has 1 aromatic heterocycles. The molecule has 0 saturated carbocycles. The van der Waals surface area contributed by atoms with Crippen molar-refractivity contribution in [2.75, 3.05) is 31.0 Å². The summed E-state index contributed by atoms with van der Waals surface area (Å²) in [7, 11) is 1.43. The van der Waals surface area contributed by atoms with E-state index in [1.807, 2.05) is 5.32 Å². The molecule has 0 saturated heterocycles. The van der Waals surface area contributed by atoms with Crippen molar-refractivity contribution < 1.29 is 41.8 Å². The maximum Gasteiger partial charge on any atom is 0.471 e. The number of carbonyl (C=O) groups is 3. The number of hydrogen-bond acceptors (Lipinski definition) is 7. The van der Waals surface area contributed by atoms with Gasteiger partial charge in [0.05, 0.1) is 12.3 Å². The summed E-state index contributed by atoms with van der Waals surface area (Å²) in [5.74, 6) is -2.17. The van der Waals surface area contributed by atoms with E-state index in [0.717, 1.165) is 0 Å². The Hall–Kier alpha value is -4.13.